The smallest absolute Gasteiger partial charge is 0.232 e. The third-order valence-corrected chi connectivity index (χ3v) is 6.24. The van der Waals surface area contributed by atoms with Gasteiger partial charge in [-0.25, -0.2) is 13.1 Å². The Kier molecular flexibility index (Phi) is 6.46. The minimum atomic E-state index is -3.37. The predicted molar refractivity (Wildman–Crippen MR) is 130 cm³/mol. The lowest BCUT2D eigenvalue weighted by atomic mass is 10.1. The number of aromatic nitrogens is 3. The Labute approximate surface area is 192 Å². The number of carbonyl (C=O) groups is 1. The van der Waals surface area contributed by atoms with Gasteiger partial charge in [-0.2, -0.15) is 5.10 Å². The zero-order chi connectivity index (χ0) is 23.3. The molecule has 0 fully saturated rings. The summed E-state index contributed by atoms with van der Waals surface area (Å²) in [6.45, 7) is 1.56. The first kappa shape index (κ1) is 22.2. The topological polar surface area (TPSA) is 94.0 Å². The number of allylic oxidation sites excluding steroid dienone is 1. The Morgan fingerprint density at radius 3 is 2.45 bits per heavy atom. The summed E-state index contributed by atoms with van der Waals surface area (Å²) < 4.78 is 27.6. The van der Waals surface area contributed by atoms with Crippen molar-refractivity contribution in [3.63, 3.8) is 0 Å². The van der Waals surface area contributed by atoms with Crippen LogP contribution in [0.5, 0.6) is 0 Å². The fourth-order valence-corrected chi connectivity index (χ4v) is 3.80. The fourth-order valence-electron chi connectivity index (χ4n) is 3.17. The van der Waals surface area contributed by atoms with Crippen LogP contribution in [-0.2, 0) is 10.0 Å². The van der Waals surface area contributed by atoms with Crippen molar-refractivity contribution in [2.24, 2.45) is 0 Å². The second kappa shape index (κ2) is 9.62. The number of carbonyl (C=O) groups excluding carboxylic acids is 1. The quantitative estimate of drug-likeness (QED) is 0.308. The lowest BCUT2D eigenvalue weighted by Crippen LogP contribution is -2.14. The van der Waals surface area contributed by atoms with Crippen LogP contribution in [0.3, 0.4) is 0 Å². The number of rotatable bonds is 8. The molecule has 2 aromatic heterocycles. The molecule has 8 heteroatoms. The lowest BCUT2D eigenvalue weighted by molar-refractivity contribution is 0.104. The largest absolute Gasteiger partial charge is 0.289 e. The third-order valence-electron chi connectivity index (χ3n) is 4.94. The van der Waals surface area contributed by atoms with E-state index in [-0.39, 0.29) is 11.5 Å². The SMILES string of the molecule is CCS(=O)(=O)Nc1ccc(C(=O)C=Cc2cn(-c3ccccc3)nc2-c2cccnc2)cc1. The van der Waals surface area contributed by atoms with Crippen molar-refractivity contribution in [1.82, 2.24) is 14.8 Å². The minimum Gasteiger partial charge on any atom is -0.289 e. The summed E-state index contributed by atoms with van der Waals surface area (Å²) in [5.41, 5.74) is 4.09. The highest BCUT2D eigenvalue weighted by atomic mass is 32.2. The molecule has 2 aromatic carbocycles. The molecule has 0 bridgehead atoms. The summed E-state index contributed by atoms with van der Waals surface area (Å²) in [5.74, 6) is -0.226. The number of benzene rings is 2. The van der Waals surface area contributed by atoms with E-state index in [1.165, 1.54) is 6.08 Å². The summed E-state index contributed by atoms with van der Waals surface area (Å²) in [5, 5.41) is 4.70. The molecular formula is C25H22N4O3S. The molecule has 0 atom stereocenters. The van der Waals surface area contributed by atoms with Crippen LogP contribution < -0.4 is 4.72 Å². The molecule has 0 saturated heterocycles. The highest BCUT2D eigenvalue weighted by molar-refractivity contribution is 7.92. The van der Waals surface area contributed by atoms with E-state index in [1.54, 1.807) is 54.3 Å². The predicted octanol–water partition coefficient (Wildman–Crippen LogP) is 4.59. The zero-order valence-electron chi connectivity index (χ0n) is 17.9. The lowest BCUT2D eigenvalue weighted by Gasteiger charge is -2.06. The van der Waals surface area contributed by atoms with Crippen LogP contribution in [0.15, 0.2) is 91.4 Å². The first-order valence-electron chi connectivity index (χ1n) is 10.3. The maximum absolute atomic E-state index is 12.7. The van der Waals surface area contributed by atoms with Crippen LogP contribution in [-0.4, -0.2) is 34.7 Å². The van der Waals surface area contributed by atoms with E-state index in [9.17, 15) is 13.2 Å². The van der Waals surface area contributed by atoms with E-state index < -0.39 is 10.0 Å². The van der Waals surface area contributed by atoms with Crippen molar-refractivity contribution < 1.29 is 13.2 Å². The molecule has 0 saturated carbocycles. The van der Waals surface area contributed by atoms with Crippen LogP contribution in [0, 0.1) is 0 Å². The summed E-state index contributed by atoms with van der Waals surface area (Å²) in [6.07, 6.45) is 8.50. The third kappa shape index (κ3) is 5.42. The van der Waals surface area contributed by atoms with Gasteiger partial charge in [-0.1, -0.05) is 18.2 Å². The second-order valence-electron chi connectivity index (χ2n) is 7.24. The van der Waals surface area contributed by atoms with Gasteiger partial charge in [0.25, 0.3) is 0 Å². The maximum atomic E-state index is 12.7. The molecule has 4 rings (SSSR count). The maximum Gasteiger partial charge on any atom is 0.232 e. The average molecular weight is 459 g/mol. The van der Waals surface area contributed by atoms with E-state index in [2.05, 4.69) is 9.71 Å². The van der Waals surface area contributed by atoms with Crippen LogP contribution in [0.25, 0.3) is 23.0 Å². The highest BCUT2D eigenvalue weighted by Crippen LogP contribution is 2.24. The van der Waals surface area contributed by atoms with Gasteiger partial charge in [0.15, 0.2) is 5.78 Å². The normalized spacial score (nSPS) is 11.5. The van der Waals surface area contributed by atoms with Crippen molar-refractivity contribution in [2.45, 2.75) is 6.92 Å². The van der Waals surface area contributed by atoms with Crippen molar-refractivity contribution >= 4 is 27.6 Å². The van der Waals surface area contributed by atoms with E-state index in [0.29, 0.717) is 16.9 Å². The molecule has 4 aromatic rings. The number of hydrogen-bond acceptors (Lipinski definition) is 5. The van der Waals surface area contributed by atoms with Gasteiger partial charge < -0.3 is 0 Å². The molecule has 0 aliphatic carbocycles. The Morgan fingerprint density at radius 1 is 1.03 bits per heavy atom. The fraction of sp³-hybridized carbons (Fsp3) is 0.0800. The Morgan fingerprint density at radius 2 is 1.79 bits per heavy atom. The Balaban J connectivity index is 1.60. The average Bonchev–Trinajstić information content (AvgIpc) is 3.28. The van der Waals surface area contributed by atoms with Gasteiger partial charge in [0.2, 0.25) is 10.0 Å². The number of ketones is 1. The number of para-hydroxylation sites is 1. The zero-order valence-corrected chi connectivity index (χ0v) is 18.7. The number of nitrogens with zero attached hydrogens (tertiary/aromatic N) is 3. The molecule has 1 N–H and O–H groups in total. The van der Waals surface area contributed by atoms with E-state index >= 15 is 0 Å². The molecule has 0 radical (unpaired) electrons. The van der Waals surface area contributed by atoms with Crippen molar-refractivity contribution in [3.8, 4) is 16.9 Å². The van der Waals surface area contributed by atoms with Crippen molar-refractivity contribution in [1.29, 1.82) is 0 Å². The summed E-state index contributed by atoms with van der Waals surface area (Å²) in [7, 11) is -3.37. The van der Waals surface area contributed by atoms with Crippen LogP contribution in [0.2, 0.25) is 0 Å². The van der Waals surface area contributed by atoms with Gasteiger partial charge in [0.05, 0.1) is 11.4 Å². The molecule has 33 heavy (non-hydrogen) atoms. The molecule has 166 valence electrons. The van der Waals surface area contributed by atoms with Crippen molar-refractivity contribution in [2.75, 3.05) is 10.5 Å². The number of sulfonamides is 1. The number of pyridine rings is 1. The molecule has 0 amide bonds. The van der Waals surface area contributed by atoms with Gasteiger partial charge >= 0.3 is 0 Å². The molecule has 0 unspecified atom stereocenters. The van der Waals surface area contributed by atoms with Gasteiger partial charge in [-0.3, -0.25) is 14.5 Å². The number of anilines is 1. The molecule has 7 nitrogen and oxygen atoms in total. The standard InChI is InChI=1S/C25H22N4O3S/c1-2-33(31,32)28-22-13-10-19(11-14-22)24(30)15-12-21-18-29(23-8-4-3-5-9-23)27-25(21)20-7-6-16-26-17-20/h3-18,28H,2H2,1H3. The van der Waals surface area contributed by atoms with Crippen LogP contribution >= 0.6 is 0 Å². The summed E-state index contributed by atoms with van der Waals surface area (Å²) in [4.78, 5) is 16.9. The van der Waals surface area contributed by atoms with E-state index in [0.717, 1.165) is 16.8 Å². The summed E-state index contributed by atoms with van der Waals surface area (Å²) >= 11 is 0. The molecule has 0 aliphatic rings. The van der Waals surface area contributed by atoms with Gasteiger partial charge in [-0.05, 0) is 67.6 Å². The Hall–Kier alpha value is -4.04. The molecule has 2 heterocycles. The molecule has 0 aliphatic heterocycles. The number of hydrogen-bond donors (Lipinski definition) is 1. The van der Waals surface area contributed by atoms with E-state index in [4.69, 9.17) is 5.10 Å². The Bertz CT molecular complexity index is 1380. The van der Waals surface area contributed by atoms with Gasteiger partial charge in [-0.15, -0.1) is 0 Å². The molecule has 0 spiro atoms. The number of nitrogens with one attached hydrogen (secondary N) is 1. The van der Waals surface area contributed by atoms with Crippen molar-refractivity contribution in [3.05, 3.63) is 103 Å². The summed E-state index contributed by atoms with van der Waals surface area (Å²) in [6, 6.07) is 19.8. The van der Waals surface area contributed by atoms with Crippen LogP contribution in [0.4, 0.5) is 5.69 Å². The van der Waals surface area contributed by atoms with Gasteiger partial charge in [0, 0.05) is 41.0 Å². The van der Waals surface area contributed by atoms with Crippen LogP contribution in [0.1, 0.15) is 22.8 Å². The second-order valence-corrected chi connectivity index (χ2v) is 9.25. The first-order chi connectivity index (χ1) is 15.9. The minimum absolute atomic E-state index is 0.0215. The monoisotopic (exact) mass is 458 g/mol. The molecular weight excluding hydrogens is 436 g/mol. The van der Waals surface area contributed by atoms with Gasteiger partial charge in [0.1, 0.15) is 5.69 Å². The highest BCUT2D eigenvalue weighted by Gasteiger charge is 2.12. The first-order valence-corrected chi connectivity index (χ1v) is 12.0. The van der Waals surface area contributed by atoms with E-state index in [1.807, 2.05) is 48.7 Å².